The van der Waals surface area contributed by atoms with Gasteiger partial charge < -0.3 is 14.7 Å². The van der Waals surface area contributed by atoms with Crippen LogP contribution in [0.1, 0.15) is 22.5 Å². The predicted molar refractivity (Wildman–Crippen MR) is 80.5 cm³/mol. The van der Waals surface area contributed by atoms with Gasteiger partial charge in [0.15, 0.2) is 5.69 Å². The molecule has 1 atom stereocenters. The lowest BCUT2D eigenvalue weighted by Gasteiger charge is -2.24. The first kappa shape index (κ1) is 15.4. The van der Waals surface area contributed by atoms with Crippen LogP contribution >= 0.6 is 0 Å². The SMILES string of the molecule is COC(=O)c1cc(N2CC[C@](O)(c3ccc(F)cc3)C2)ncn1. The molecule has 1 saturated heterocycles. The van der Waals surface area contributed by atoms with E-state index in [-0.39, 0.29) is 11.5 Å². The fourth-order valence-corrected chi connectivity index (χ4v) is 2.72. The largest absolute Gasteiger partial charge is 0.464 e. The summed E-state index contributed by atoms with van der Waals surface area (Å²) in [5, 5.41) is 10.8. The van der Waals surface area contributed by atoms with Crippen LogP contribution in [-0.4, -0.2) is 41.2 Å². The summed E-state index contributed by atoms with van der Waals surface area (Å²) in [6.45, 7) is 0.863. The van der Waals surface area contributed by atoms with Gasteiger partial charge >= 0.3 is 5.97 Å². The quantitative estimate of drug-likeness (QED) is 0.865. The molecule has 1 aliphatic heterocycles. The molecule has 1 aliphatic rings. The Kier molecular flexibility index (Phi) is 3.96. The number of aliphatic hydroxyl groups is 1. The number of carbonyl (C=O) groups excluding carboxylic acids is 1. The van der Waals surface area contributed by atoms with E-state index in [1.165, 1.54) is 31.6 Å². The van der Waals surface area contributed by atoms with Gasteiger partial charge in [-0.15, -0.1) is 0 Å². The van der Waals surface area contributed by atoms with E-state index in [4.69, 9.17) is 0 Å². The summed E-state index contributed by atoms with van der Waals surface area (Å²) in [5.74, 6) is -0.342. The van der Waals surface area contributed by atoms with Crippen molar-refractivity contribution in [2.24, 2.45) is 0 Å². The van der Waals surface area contributed by atoms with Crippen molar-refractivity contribution >= 4 is 11.8 Å². The van der Waals surface area contributed by atoms with Gasteiger partial charge in [-0.3, -0.25) is 0 Å². The highest BCUT2D eigenvalue weighted by atomic mass is 19.1. The minimum atomic E-state index is -1.08. The molecule has 0 spiro atoms. The first-order valence-corrected chi connectivity index (χ1v) is 7.15. The number of nitrogens with zero attached hydrogens (tertiary/aromatic N) is 3. The molecule has 120 valence electrons. The summed E-state index contributed by atoms with van der Waals surface area (Å²) >= 11 is 0. The van der Waals surface area contributed by atoms with E-state index < -0.39 is 11.6 Å². The van der Waals surface area contributed by atoms with Crippen molar-refractivity contribution in [1.82, 2.24) is 9.97 Å². The summed E-state index contributed by atoms with van der Waals surface area (Å²) in [6.07, 6.45) is 1.77. The molecule has 2 heterocycles. The van der Waals surface area contributed by atoms with Crippen molar-refractivity contribution in [3.8, 4) is 0 Å². The van der Waals surface area contributed by atoms with Crippen LogP contribution in [0.25, 0.3) is 0 Å². The van der Waals surface area contributed by atoms with Gasteiger partial charge in [-0.1, -0.05) is 12.1 Å². The third-order valence-corrected chi connectivity index (χ3v) is 4.00. The number of rotatable bonds is 3. The number of anilines is 1. The van der Waals surface area contributed by atoms with E-state index in [1.807, 2.05) is 4.90 Å². The average molecular weight is 317 g/mol. The smallest absolute Gasteiger partial charge is 0.356 e. The topological polar surface area (TPSA) is 75.5 Å². The zero-order valence-corrected chi connectivity index (χ0v) is 12.6. The van der Waals surface area contributed by atoms with Crippen LogP contribution in [0.15, 0.2) is 36.7 Å². The molecule has 0 aliphatic carbocycles. The van der Waals surface area contributed by atoms with E-state index in [2.05, 4.69) is 14.7 Å². The maximum atomic E-state index is 13.0. The van der Waals surface area contributed by atoms with E-state index >= 15 is 0 Å². The maximum Gasteiger partial charge on any atom is 0.356 e. The lowest BCUT2D eigenvalue weighted by molar-refractivity contribution is 0.0593. The Morgan fingerprint density at radius 2 is 2.09 bits per heavy atom. The number of esters is 1. The molecule has 0 unspecified atom stereocenters. The number of ether oxygens (including phenoxy) is 1. The van der Waals surface area contributed by atoms with Gasteiger partial charge in [-0.05, 0) is 24.1 Å². The molecule has 0 radical (unpaired) electrons. The van der Waals surface area contributed by atoms with E-state index in [0.29, 0.717) is 30.9 Å². The van der Waals surface area contributed by atoms with Gasteiger partial charge in [-0.2, -0.15) is 0 Å². The summed E-state index contributed by atoms with van der Waals surface area (Å²) in [6, 6.07) is 7.35. The Morgan fingerprint density at radius 1 is 1.35 bits per heavy atom. The van der Waals surface area contributed by atoms with Gasteiger partial charge in [0.2, 0.25) is 0 Å². The standard InChI is InChI=1S/C16H16FN3O3/c1-23-15(21)13-8-14(19-10-18-13)20-7-6-16(22,9-20)11-2-4-12(17)5-3-11/h2-5,8,10,22H,6-7,9H2,1H3/t16-/m1/s1. The van der Waals surface area contributed by atoms with Crippen molar-refractivity contribution in [2.75, 3.05) is 25.1 Å². The average Bonchev–Trinajstić information content (AvgIpc) is 2.98. The van der Waals surface area contributed by atoms with Crippen LogP contribution in [0.2, 0.25) is 0 Å². The normalized spacial score (nSPS) is 20.6. The molecule has 23 heavy (non-hydrogen) atoms. The van der Waals surface area contributed by atoms with Crippen molar-refractivity contribution in [3.63, 3.8) is 0 Å². The van der Waals surface area contributed by atoms with Crippen molar-refractivity contribution < 1.29 is 19.0 Å². The molecule has 3 rings (SSSR count). The minimum absolute atomic E-state index is 0.162. The molecule has 2 aromatic rings. The van der Waals surface area contributed by atoms with Crippen molar-refractivity contribution in [2.45, 2.75) is 12.0 Å². The minimum Gasteiger partial charge on any atom is -0.464 e. The van der Waals surface area contributed by atoms with Gasteiger partial charge in [0.05, 0.1) is 13.7 Å². The van der Waals surface area contributed by atoms with Gasteiger partial charge in [-0.25, -0.2) is 19.2 Å². The van der Waals surface area contributed by atoms with Crippen molar-refractivity contribution in [1.29, 1.82) is 0 Å². The van der Waals surface area contributed by atoms with Gasteiger partial charge in [0.25, 0.3) is 0 Å². The molecule has 6 nitrogen and oxygen atoms in total. The number of β-amino-alcohol motifs (C(OH)–C–C–N with tert-alkyl or cyclic N) is 1. The molecule has 1 N–H and O–H groups in total. The van der Waals surface area contributed by atoms with Crippen LogP contribution < -0.4 is 4.90 Å². The molecular weight excluding hydrogens is 301 g/mol. The van der Waals surface area contributed by atoms with E-state index in [9.17, 15) is 14.3 Å². The van der Waals surface area contributed by atoms with Crippen molar-refractivity contribution in [3.05, 3.63) is 53.7 Å². The molecule has 1 aromatic heterocycles. The number of halogens is 1. The van der Waals surface area contributed by atoms with E-state index in [0.717, 1.165) is 0 Å². The highest BCUT2D eigenvalue weighted by Gasteiger charge is 2.38. The third-order valence-electron chi connectivity index (χ3n) is 4.00. The molecule has 0 bridgehead atoms. The van der Waals surface area contributed by atoms with E-state index in [1.54, 1.807) is 12.1 Å². The van der Waals surface area contributed by atoms with Crippen LogP contribution in [0.3, 0.4) is 0 Å². The Bertz CT molecular complexity index is 723. The Labute approximate surface area is 132 Å². The van der Waals surface area contributed by atoms with Crippen LogP contribution in [0, 0.1) is 5.82 Å². The first-order valence-electron chi connectivity index (χ1n) is 7.15. The number of hydrogen-bond donors (Lipinski definition) is 1. The third kappa shape index (κ3) is 3.00. The van der Waals surface area contributed by atoms with Crippen LogP contribution in [0.4, 0.5) is 10.2 Å². The maximum absolute atomic E-state index is 13.0. The number of methoxy groups -OCH3 is 1. The number of benzene rings is 1. The summed E-state index contributed by atoms with van der Waals surface area (Å²) < 4.78 is 17.7. The first-order chi connectivity index (χ1) is 11.0. The number of carbonyl (C=O) groups is 1. The molecule has 1 fully saturated rings. The zero-order chi connectivity index (χ0) is 16.4. The Balaban J connectivity index is 1.82. The van der Waals surface area contributed by atoms with Gasteiger partial charge in [0.1, 0.15) is 23.6 Å². The Morgan fingerprint density at radius 3 is 2.78 bits per heavy atom. The lowest BCUT2D eigenvalue weighted by Crippen LogP contribution is -2.31. The number of hydrogen-bond acceptors (Lipinski definition) is 6. The Hall–Kier alpha value is -2.54. The predicted octanol–water partition coefficient (Wildman–Crippen LogP) is 1.50. The summed E-state index contributed by atoms with van der Waals surface area (Å²) in [5.41, 5.74) is -0.261. The molecular formula is C16H16FN3O3. The second kappa shape index (κ2) is 5.92. The summed E-state index contributed by atoms with van der Waals surface area (Å²) in [4.78, 5) is 21.4. The zero-order valence-electron chi connectivity index (χ0n) is 12.6. The van der Waals surface area contributed by atoms with Gasteiger partial charge in [0, 0.05) is 12.6 Å². The fraction of sp³-hybridized carbons (Fsp3) is 0.312. The summed E-state index contributed by atoms with van der Waals surface area (Å²) in [7, 11) is 1.28. The van der Waals surface area contributed by atoms with Crippen LogP contribution in [0.5, 0.6) is 0 Å². The molecule has 1 aromatic carbocycles. The fourth-order valence-electron chi connectivity index (χ4n) is 2.72. The number of aromatic nitrogens is 2. The second-order valence-corrected chi connectivity index (χ2v) is 5.46. The highest BCUT2D eigenvalue weighted by molar-refractivity contribution is 5.87. The molecule has 0 amide bonds. The molecule has 0 saturated carbocycles. The molecule has 7 heteroatoms. The van der Waals surface area contributed by atoms with Crippen LogP contribution in [-0.2, 0) is 10.3 Å². The lowest BCUT2D eigenvalue weighted by atomic mass is 9.93. The highest BCUT2D eigenvalue weighted by Crippen LogP contribution is 2.34. The monoisotopic (exact) mass is 317 g/mol. The second-order valence-electron chi connectivity index (χ2n) is 5.46.